The van der Waals surface area contributed by atoms with Crippen molar-refractivity contribution in [1.29, 1.82) is 0 Å². The van der Waals surface area contributed by atoms with Crippen LogP contribution in [0.2, 0.25) is 0 Å². The van der Waals surface area contributed by atoms with Crippen LogP contribution < -0.4 is 0 Å². The monoisotopic (exact) mass is 271 g/mol. The third-order valence-electron chi connectivity index (χ3n) is 3.07. The molecule has 0 saturated heterocycles. The number of nitrogens with zero attached hydrogens (tertiary/aromatic N) is 1. The Morgan fingerprint density at radius 3 is 2.48 bits per heavy atom. The second-order valence-corrected chi connectivity index (χ2v) is 4.41. The van der Waals surface area contributed by atoms with Crippen molar-refractivity contribution in [2.75, 3.05) is 0 Å². The summed E-state index contributed by atoms with van der Waals surface area (Å²) < 4.78 is 5.20. The lowest BCUT2D eigenvalue weighted by atomic mass is 10.1. The van der Waals surface area contributed by atoms with Crippen molar-refractivity contribution in [2.45, 2.75) is 0 Å². The van der Waals surface area contributed by atoms with Crippen LogP contribution in [0.25, 0.3) is 0 Å². The van der Waals surface area contributed by atoms with Crippen LogP contribution in [0.5, 0.6) is 0 Å². The van der Waals surface area contributed by atoms with Crippen molar-refractivity contribution in [1.82, 2.24) is 0 Å². The topological polar surface area (TPSA) is 38.7 Å². The smallest absolute Gasteiger partial charge is 0.345 e. The van der Waals surface area contributed by atoms with Gasteiger partial charge in [0, 0.05) is 11.1 Å². The van der Waals surface area contributed by atoms with E-state index >= 15 is 0 Å². The van der Waals surface area contributed by atoms with Gasteiger partial charge in [0.25, 0.3) is 0 Å². The summed E-state index contributed by atoms with van der Waals surface area (Å²) in [5.41, 5.74) is 3.05. The quantitative estimate of drug-likeness (QED) is 0.591. The van der Waals surface area contributed by atoms with E-state index in [1.807, 2.05) is 0 Å². The average Bonchev–Trinajstić information content (AvgIpc) is 2.83. The maximum Gasteiger partial charge on any atom is 0.345 e. The Kier molecular flexibility index (Phi) is 3.03. The standard InChI is InChI=1S/C18H9NO2/c1-3-12-6-5-7-14(10-12)19-17-16-11-13(4-2)8-9-15(16)18(20)21-17/h1-2,5-11H/b19-17-. The van der Waals surface area contributed by atoms with E-state index in [1.165, 1.54) is 0 Å². The number of benzene rings is 2. The van der Waals surface area contributed by atoms with Crippen LogP contribution in [0, 0.1) is 24.7 Å². The van der Waals surface area contributed by atoms with E-state index in [4.69, 9.17) is 17.6 Å². The summed E-state index contributed by atoms with van der Waals surface area (Å²) in [7, 11) is 0. The lowest BCUT2D eigenvalue weighted by Crippen LogP contribution is -1.99. The molecule has 21 heavy (non-hydrogen) atoms. The molecule has 0 unspecified atom stereocenters. The summed E-state index contributed by atoms with van der Waals surface area (Å²) in [4.78, 5) is 16.1. The van der Waals surface area contributed by atoms with Crippen molar-refractivity contribution in [3.63, 3.8) is 0 Å². The molecule has 0 aromatic heterocycles. The van der Waals surface area contributed by atoms with Gasteiger partial charge in [0.2, 0.25) is 5.90 Å². The fourth-order valence-electron chi connectivity index (χ4n) is 2.05. The van der Waals surface area contributed by atoms with E-state index < -0.39 is 5.97 Å². The van der Waals surface area contributed by atoms with Crippen molar-refractivity contribution in [3.05, 3.63) is 64.7 Å². The van der Waals surface area contributed by atoms with Gasteiger partial charge in [0.15, 0.2) is 0 Å². The third kappa shape index (κ3) is 2.29. The summed E-state index contributed by atoms with van der Waals surface area (Å²) in [6.07, 6.45) is 10.7. The minimum absolute atomic E-state index is 0.237. The zero-order valence-electron chi connectivity index (χ0n) is 11.0. The molecule has 0 spiro atoms. The van der Waals surface area contributed by atoms with Gasteiger partial charge in [-0.3, -0.25) is 0 Å². The van der Waals surface area contributed by atoms with Gasteiger partial charge in [-0.25, -0.2) is 9.79 Å². The molecule has 0 N–H and O–H groups in total. The molecule has 1 aliphatic rings. The first-order chi connectivity index (χ1) is 10.2. The van der Waals surface area contributed by atoms with E-state index in [9.17, 15) is 4.79 Å². The van der Waals surface area contributed by atoms with E-state index in [0.29, 0.717) is 27.9 Å². The first kappa shape index (κ1) is 12.7. The van der Waals surface area contributed by atoms with E-state index in [-0.39, 0.29) is 5.90 Å². The highest BCUT2D eigenvalue weighted by atomic mass is 16.5. The zero-order chi connectivity index (χ0) is 14.8. The van der Waals surface area contributed by atoms with Crippen molar-refractivity contribution in [3.8, 4) is 24.7 Å². The van der Waals surface area contributed by atoms with Gasteiger partial charge in [0.05, 0.1) is 16.8 Å². The van der Waals surface area contributed by atoms with E-state index in [1.54, 1.807) is 42.5 Å². The number of hydrogen-bond donors (Lipinski definition) is 0. The fraction of sp³-hybridized carbons (Fsp3) is 0. The van der Waals surface area contributed by atoms with E-state index in [2.05, 4.69) is 16.8 Å². The van der Waals surface area contributed by atoms with Gasteiger partial charge in [-0.2, -0.15) is 0 Å². The Morgan fingerprint density at radius 2 is 1.71 bits per heavy atom. The molecule has 3 rings (SSSR count). The number of carbonyl (C=O) groups is 1. The van der Waals surface area contributed by atoms with E-state index in [0.717, 1.165) is 0 Å². The molecular weight excluding hydrogens is 262 g/mol. The minimum atomic E-state index is -0.430. The molecular formula is C18H9NO2. The second-order valence-electron chi connectivity index (χ2n) is 4.41. The SMILES string of the molecule is C#Cc1cccc(/N=C2\OC(=O)c3ccc(C#C)cc32)c1. The highest BCUT2D eigenvalue weighted by molar-refractivity contribution is 6.17. The summed E-state index contributed by atoms with van der Waals surface area (Å²) in [5, 5.41) is 0. The number of cyclic esters (lactones) is 1. The predicted octanol–water partition coefficient (Wildman–Crippen LogP) is 2.90. The summed E-state index contributed by atoms with van der Waals surface area (Å²) >= 11 is 0. The predicted molar refractivity (Wildman–Crippen MR) is 80.4 cm³/mol. The summed E-state index contributed by atoms with van der Waals surface area (Å²) in [6, 6.07) is 12.2. The Morgan fingerprint density at radius 1 is 0.952 bits per heavy atom. The molecule has 0 fully saturated rings. The van der Waals surface area contributed by atoms with Crippen LogP contribution in [-0.4, -0.2) is 11.9 Å². The van der Waals surface area contributed by atoms with Gasteiger partial charge in [-0.05, 0) is 36.4 Å². The Bertz CT molecular complexity index is 864. The first-order valence-corrected chi connectivity index (χ1v) is 6.20. The number of aliphatic imine (C=N–C) groups is 1. The normalized spacial score (nSPS) is 14.2. The number of terminal acetylenes is 2. The minimum Gasteiger partial charge on any atom is -0.403 e. The molecule has 0 radical (unpaired) electrons. The van der Waals surface area contributed by atoms with Crippen LogP contribution in [-0.2, 0) is 4.74 Å². The maximum atomic E-state index is 11.8. The largest absolute Gasteiger partial charge is 0.403 e. The molecule has 3 nitrogen and oxygen atoms in total. The van der Waals surface area contributed by atoms with Crippen molar-refractivity contribution < 1.29 is 9.53 Å². The van der Waals surface area contributed by atoms with Gasteiger partial charge >= 0.3 is 5.97 Å². The molecule has 0 atom stereocenters. The Balaban J connectivity index is 2.10. The number of carbonyl (C=O) groups excluding carboxylic acids is 1. The summed E-state index contributed by atoms with van der Waals surface area (Å²) in [6.45, 7) is 0. The van der Waals surface area contributed by atoms with Crippen molar-refractivity contribution >= 4 is 17.6 Å². The number of hydrogen-bond acceptors (Lipinski definition) is 3. The average molecular weight is 271 g/mol. The number of ether oxygens (including phenoxy) is 1. The van der Waals surface area contributed by atoms with Gasteiger partial charge in [0.1, 0.15) is 0 Å². The fourth-order valence-corrected chi connectivity index (χ4v) is 2.05. The zero-order valence-corrected chi connectivity index (χ0v) is 11.0. The highest BCUT2D eigenvalue weighted by Gasteiger charge is 2.28. The molecule has 0 aliphatic carbocycles. The molecule has 1 aliphatic heterocycles. The molecule has 0 bridgehead atoms. The number of fused-ring (bicyclic) bond motifs is 1. The van der Waals surface area contributed by atoms with Crippen LogP contribution in [0.3, 0.4) is 0 Å². The molecule has 0 saturated carbocycles. The van der Waals surface area contributed by atoms with Gasteiger partial charge < -0.3 is 4.74 Å². The van der Waals surface area contributed by atoms with Crippen molar-refractivity contribution in [2.24, 2.45) is 4.99 Å². The molecule has 1 heterocycles. The lowest BCUT2D eigenvalue weighted by molar-refractivity contribution is 0.0737. The summed E-state index contributed by atoms with van der Waals surface area (Å²) in [5.74, 6) is 4.87. The number of rotatable bonds is 1. The maximum absolute atomic E-state index is 11.8. The lowest BCUT2D eigenvalue weighted by Gasteiger charge is -1.99. The van der Waals surface area contributed by atoms with Gasteiger partial charge in [-0.1, -0.05) is 17.9 Å². The Labute approximate surface area is 122 Å². The van der Waals surface area contributed by atoms with Gasteiger partial charge in [-0.15, -0.1) is 12.8 Å². The second kappa shape index (κ2) is 5.00. The Hall–Kier alpha value is -3.30. The third-order valence-corrected chi connectivity index (χ3v) is 3.07. The first-order valence-electron chi connectivity index (χ1n) is 6.20. The van der Waals surface area contributed by atoms with Crippen LogP contribution in [0.4, 0.5) is 5.69 Å². The highest BCUT2D eigenvalue weighted by Crippen LogP contribution is 2.25. The molecule has 0 amide bonds. The molecule has 2 aromatic rings. The number of esters is 1. The molecule has 2 aromatic carbocycles. The van der Waals surface area contributed by atoms with Crippen LogP contribution in [0.15, 0.2) is 47.5 Å². The molecule has 98 valence electrons. The van der Waals surface area contributed by atoms with Crippen LogP contribution >= 0.6 is 0 Å². The van der Waals surface area contributed by atoms with Crippen LogP contribution in [0.1, 0.15) is 27.0 Å². The molecule has 3 heteroatoms.